The van der Waals surface area contributed by atoms with Crippen molar-refractivity contribution >= 4 is 38.2 Å². The average molecular weight is 385 g/mol. The molecule has 0 unspecified atom stereocenters. The zero-order valence-corrected chi connectivity index (χ0v) is 16.2. The number of thiophene rings is 1. The second-order valence-electron chi connectivity index (χ2n) is 7.94. The summed E-state index contributed by atoms with van der Waals surface area (Å²) >= 11 is 1.66. The summed E-state index contributed by atoms with van der Waals surface area (Å²) in [5.74, 6) is 0.166. The monoisotopic (exact) mass is 384 g/mol. The van der Waals surface area contributed by atoms with Crippen LogP contribution in [0.5, 0.6) is 0 Å². The van der Waals surface area contributed by atoms with E-state index in [4.69, 9.17) is 0 Å². The van der Waals surface area contributed by atoms with Crippen LogP contribution in [0.25, 0.3) is 10.1 Å². The van der Waals surface area contributed by atoms with Gasteiger partial charge in [0.25, 0.3) is 5.91 Å². The third-order valence-corrected chi connectivity index (χ3v) is 7.31. The first-order valence-electron chi connectivity index (χ1n) is 9.66. The molecule has 1 aromatic heterocycles. The van der Waals surface area contributed by atoms with Crippen molar-refractivity contribution in [2.75, 3.05) is 31.6 Å². The molecule has 7 heteroatoms. The molecule has 3 atom stereocenters. The number of carbonyl (C=O) groups excluding carboxylic acids is 2. The average Bonchev–Trinajstić information content (AvgIpc) is 3.38. The summed E-state index contributed by atoms with van der Waals surface area (Å²) in [7, 11) is 1.85. The second-order valence-corrected chi connectivity index (χ2v) is 9.00. The SMILES string of the molecule is CN1CCN(c2cc3ccc(C(=O)N[C@@H]4C[C@H]5CC[C@@H]4N5)cc3s2)CC1=O. The summed E-state index contributed by atoms with van der Waals surface area (Å²) in [5.41, 5.74) is 0.716. The van der Waals surface area contributed by atoms with Crippen LogP contribution in [0.15, 0.2) is 24.3 Å². The highest BCUT2D eigenvalue weighted by molar-refractivity contribution is 7.22. The summed E-state index contributed by atoms with van der Waals surface area (Å²) in [4.78, 5) is 28.6. The second kappa shape index (κ2) is 6.49. The van der Waals surface area contributed by atoms with Crippen LogP contribution in [0, 0.1) is 0 Å². The summed E-state index contributed by atoms with van der Waals surface area (Å²) < 4.78 is 1.09. The van der Waals surface area contributed by atoms with E-state index in [1.807, 2.05) is 25.2 Å². The molecule has 2 aromatic rings. The summed E-state index contributed by atoms with van der Waals surface area (Å²) in [6.45, 7) is 2.02. The molecule has 0 saturated carbocycles. The van der Waals surface area contributed by atoms with Gasteiger partial charge in [-0.1, -0.05) is 6.07 Å². The number of nitrogens with zero attached hydrogens (tertiary/aromatic N) is 2. The molecule has 6 nitrogen and oxygen atoms in total. The first kappa shape index (κ1) is 17.0. The van der Waals surface area contributed by atoms with Crippen molar-refractivity contribution in [1.29, 1.82) is 0 Å². The van der Waals surface area contributed by atoms with Crippen LogP contribution in [0.4, 0.5) is 5.00 Å². The van der Waals surface area contributed by atoms with E-state index in [-0.39, 0.29) is 17.9 Å². The van der Waals surface area contributed by atoms with E-state index in [0.29, 0.717) is 24.2 Å². The number of anilines is 1. The molecule has 142 valence electrons. The van der Waals surface area contributed by atoms with Gasteiger partial charge in [0.2, 0.25) is 5.91 Å². The van der Waals surface area contributed by atoms with Gasteiger partial charge in [-0.2, -0.15) is 0 Å². The predicted octanol–water partition coefficient (Wildman–Crippen LogP) is 1.80. The van der Waals surface area contributed by atoms with E-state index in [2.05, 4.69) is 21.6 Å². The fraction of sp³-hybridized carbons (Fsp3) is 0.500. The van der Waals surface area contributed by atoms with Gasteiger partial charge in [0.05, 0.1) is 11.5 Å². The number of benzene rings is 1. The molecule has 1 aromatic carbocycles. The molecule has 2 amide bonds. The molecule has 3 fully saturated rings. The Morgan fingerprint density at radius 2 is 2.15 bits per heavy atom. The molecule has 3 aliphatic rings. The van der Waals surface area contributed by atoms with E-state index >= 15 is 0 Å². The van der Waals surface area contributed by atoms with Gasteiger partial charge in [-0.25, -0.2) is 0 Å². The van der Waals surface area contributed by atoms with E-state index in [1.165, 1.54) is 6.42 Å². The lowest BCUT2D eigenvalue weighted by atomic mass is 9.95. The molecule has 0 radical (unpaired) electrons. The van der Waals surface area contributed by atoms with Crippen LogP contribution >= 0.6 is 11.3 Å². The van der Waals surface area contributed by atoms with Gasteiger partial charge in [-0.05, 0) is 42.8 Å². The minimum absolute atomic E-state index is 0.0148. The van der Waals surface area contributed by atoms with Crippen molar-refractivity contribution < 1.29 is 9.59 Å². The molecular formula is C20H24N4O2S. The molecule has 4 heterocycles. The van der Waals surface area contributed by atoms with E-state index < -0.39 is 0 Å². The van der Waals surface area contributed by atoms with Crippen LogP contribution in [-0.2, 0) is 4.79 Å². The molecule has 3 aliphatic heterocycles. The number of amides is 2. The molecule has 3 saturated heterocycles. The Hall–Kier alpha value is -2.12. The molecule has 27 heavy (non-hydrogen) atoms. The Bertz CT molecular complexity index is 911. The standard InChI is InChI=1S/C20H24N4O2S/c1-23-6-7-24(11-18(23)25)19-9-12-2-3-13(8-17(12)27-19)20(26)22-16-10-14-4-5-15(16)21-14/h2-3,8-9,14-16,21H,4-7,10-11H2,1H3,(H,22,26)/t14-,15+,16-/m1/s1. The number of hydrogen-bond donors (Lipinski definition) is 2. The number of fused-ring (bicyclic) bond motifs is 3. The van der Waals surface area contributed by atoms with Gasteiger partial charge in [0, 0.05) is 48.5 Å². The minimum atomic E-state index is 0.0148. The van der Waals surface area contributed by atoms with Crippen molar-refractivity contribution in [3.63, 3.8) is 0 Å². The summed E-state index contributed by atoms with van der Waals surface area (Å²) in [6, 6.07) is 9.30. The normalized spacial score (nSPS) is 27.6. The van der Waals surface area contributed by atoms with Crippen LogP contribution in [0.1, 0.15) is 29.6 Å². The van der Waals surface area contributed by atoms with Crippen molar-refractivity contribution in [2.45, 2.75) is 37.4 Å². The topological polar surface area (TPSA) is 64.7 Å². The number of carbonyl (C=O) groups is 2. The van der Waals surface area contributed by atoms with Crippen molar-refractivity contribution in [3.8, 4) is 0 Å². The van der Waals surface area contributed by atoms with Gasteiger partial charge in [-0.3, -0.25) is 9.59 Å². The Morgan fingerprint density at radius 3 is 2.89 bits per heavy atom. The van der Waals surface area contributed by atoms with Gasteiger partial charge in [0.1, 0.15) is 0 Å². The highest BCUT2D eigenvalue weighted by Crippen LogP contribution is 2.34. The quantitative estimate of drug-likeness (QED) is 0.847. The number of nitrogens with one attached hydrogen (secondary N) is 2. The molecule has 0 spiro atoms. The Kier molecular flexibility index (Phi) is 4.09. The van der Waals surface area contributed by atoms with Gasteiger partial charge in [0.15, 0.2) is 0 Å². The van der Waals surface area contributed by atoms with Crippen molar-refractivity contribution in [2.24, 2.45) is 0 Å². The predicted molar refractivity (Wildman–Crippen MR) is 107 cm³/mol. The Labute approximate surface area is 162 Å². The maximum Gasteiger partial charge on any atom is 0.251 e. The van der Waals surface area contributed by atoms with Crippen LogP contribution in [0.3, 0.4) is 0 Å². The zero-order chi connectivity index (χ0) is 18.5. The smallest absolute Gasteiger partial charge is 0.251 e. The molecular weight excluding hydrogens is 360 g/mol. The van der Waals surface area contributed by atoms with Crippen LogP contribution in [0.2, 0.25) is 0 Å². The molecule has 2 N–H and O–H groups in total. The summed E-state index contributed by atoms with van der Waals surface area (Å²) in [5, 5.41) is 9.00. The van der Waals surface area contributed by atoms with Crippen LogP contribution in [-0.4, -0.2) is 61.5 Å². The van der Waals surface area contributed by atoms with Crippen LogP contribution < -0.4 is 15.5 Å². The Balaban J connectivity index is 1.33. The number of likely N-dealkylation sites (N-methyl/N-ethyl adjacent to an activating group) is 1. The minimum Gasteiger partial charge on any atom is -0.352 e. The molecule has 5 rings (SSSR count). The van der Waals surface area contributed by atoms with Gasteiger partial charge < -0.3 is 20.4 Å². The lowest BCUT2D eigenvalue weighted by Gasteiger charge is -2.32. The third-order valence-electron chi connectivity index (χ3n) is 6.15. The fourth-order valence-electron chi connectivity index (χ4n) is 4.50. The number of hydrogen-bond acceptors (Lipinski definition) is 5. The summed E-state index contributed by atoms with van der Waals surface area (Å²) in [6.07, 6.45) is 3.43. The highest BCUT2D eigenvalue weighted by atomic mass is 32.1. The largest absolute Gasteiger partial charge is 0.352 e. The van der Waals surface area contributed by atoms with E-state index in [1.54, 1.807) is 16.2 Å². The lowest BCUT2D eigenvalue weighted by molar-refractivity contribution is -0.129. The third kappa shape index (κ3) is 3.08. The van der Waals surface area contributed by atoms with Gasteiger partial charge in [-0.15, -0.1) is 11.3 Å². The lowest BCUT2D eigenvalue weighted by Crippen LogP contribution is -2.48. The molecule has 0 aliphatic carbocycles. The van der Waals surface area contributed by atoms with Crippen molar-refractivity contribution in [3.05, 3.63) is 29.8 Å². The highest BCUT2D eigenvalue weighted by Gasteiger charge is 2.39. The van der Waals surface area contributed by atoms with E-state index in [9.17, 15) is 9.59 Å². The maximum absolute atomic E-state index is 12.7. The zero-order valence-electron chi connectivity index (χ0n) is 15.4. The maximum atomic E-state index is 12.7. The number of piperazine rings is 1. The van der Waals surface area contributed by atoms with E-state index in [0.717, 1.165) is 41.0 Å². The van der Waals surface area contributed by atoms with Gasteiger partial charge >= 0.3 is 0 Å². The first-order chi connectivity index (χ1) is 13.1. The molecule has 2 bridgehead atoms. The van der Waals surface area contributed by atoms with Crippen molar-refractivity contribution in [1.82, 2.24) is 15.5 Å². The Morgan fingerprint density at radius 1 is 1.26 bits per heavy atom. The first-order valence-corrected chi connectivity index (χ1v) is 10.5. The number of rotatable bonds is 3. The fourth-order valence-corrected chi connectivity index (χ4v) is 5.62.